The molecule has 2 heterocycles. The predicted octanol–water partition coefficient (Wildman–Crippen LogP) is 6.52. The van der Waals surface area contributed by atoms with Gasteiger partial charge < -0.3 is 14.7 Å². The van der Waals surface area contributed by atoms with Gasteiger partial charge >= 0.3 is 5.97 Å². The lowest BCUT2D eigenvalue weighted by atomic mass is 9.82. The van der Waals surface area contributed by atoms with Crippen LogP contribution in [0.5, 0.6) is 0 Å². The summed E-state index contributed by atoms with van der Waals surface area (Å²) in [6, 6.07) is 10.3. The summed E-state index contributed by atoms with van der Waals surface area (Å²) in [4.78, 5) is 19.6. The number of hydrogen-bond acceptors (Lipinski definition) is 4. The molecule has 1 N–H and O–H groups in total. The van der Waals surface area contributed by atoms with Crippen molar-refractivity contribution in [1.82, 2.24) is 4.98 Å². The van der Waals surface area contributed by atoms with Crippen LogP contribution in [0.25, 0.3) is 6.08 Å². The van der Waals surface area contributed by atoms with Crippen LogP contribution in [-0.2, 0) is 16.0 Å². The molecule has 0 radical (unpaired) electrons. The number of ether oxygens (including phenoxy) is 1. The first kappa shape index (κ1) is 26.0. The van der Waals surface area contributed by atoms with Crippen molar-refractivity contribution in [2.75, 3.05) is 18.0 Å². The minimum absolute atomic E-state index is 0.283. The summed E-state index contributed by atoms with van der Waals surface area (Å²) in [6.07, 6.45) is 6.09. The Bertz CT molecular complexity index is 1030. The Morgan fingerprint density at radius 2 is 1.76 bits per heavy atom. The van der Waals surface area contributed by atoms with Gasteiger partial charge in [0.1, 0.15) is 0 Å². The van der Waals surface area contributed by atoms with Gasteiger partial charge in [0, 0.05) is 35.6 Å². The molecule has 0 bridgehead atoms. The lowest BCUT2D eigenvalue weighted by molar-refractivity contribution is -0.160. The Morgan fingerprint density at radius 1 is 1.15 bits per heavy atom. The topological polar surface area (TPSA) is 62.7 Å². The Labute approximate surface area is 204 Å². The predicted molar refractivity (Wildman–Crippen MR) is 139 cm³/mol. The quantitative estimate of drug-likeness (QED) is 0.505. The Balaban J connectivity index is 2.13. The van der Waals surface area contributed by atoms with E-state index >= 15 is 0 Å². The molecule has 2 aromatic rings. The number of nitrogens with zero attached hydrogens (tertiary/aromatic N) is 2. The highest BCUT2D eigenvalue weighted by Gasteiger charge is 2.35. The Kier molecular flexibility index (Phi) is 7.87. The van der Waals surface area contributed by atoms with Gasteiger partial charge in [0.15, 0.2) is 6.10 Å². The Hall–Kier alpha value is -2.66. The number of piperidine rings is 1. The molecule has 5 nitrogen and oxygen atoms in total. The molecule has 1 saturated heterocycles. The van der Waals surface area contributed by atoms with Crippen molar-refractivity contribution in [3.63, 3.8) is 0 Å². The molecule has 5 heteroatoms. The van der Waals surface area contributed by atoms with E-state index in [2.05, 4.69) is 43.0 Å². The summed E-state index contributed by atoms with van der Waals surface area (Å²) in [5, 5.41) is 10.2. The number of aliphatic carboxylic acids is 1. The summed E-state index contributed by atoms with van der Waals surface area (Å²) in [5.74, 6) is -0.985. The maximum absolute atomic E-state index is 12.5. The molecule has 1 aliphatic rings. The van der Waals surface area contributed by atoms with Crippen LogP contribution in [0.1, 0.15) is 81.6 Å². The number of carbonyl (C=O) groups is 1. The maximum Gasteiger partial charge on any atom is 0.337 e. The third kappa shape index (κ3) is 6.47. The second kappa shape index (κ2) is 10.3. The van der Waals surface area contributed by atoms with Crippen molar-refractivity contribution in [3.05, 3.63) is 64.5 Å². The van der Waals surface area contributed by atoms with Crippen molar-refractivity contribution < 1.29 is 14.6 Å². The summed E-state index contributed by atoms with van der Waals surface area (Å²) >= 11 is 0. The van der Waals surface area contributed by atoms with Gasteiger partial charge in [-0.15, -0.1) is 0 Å². The van der Waals surface area contributed by atoms with E-state index in [0.29, 0.717) is 11.3 Å². The summed E-state index contributed by atoms with van der Waals surface area (Å²) in [6.45, 7) is 16.0. The van der Waals surface area contributed by atoms with Crippen molar-refractivity contribution in [3.8, 4) is 0 Å². The number of anilines is 1. The van der Waals surface area contributed by atoms with Crippen molar-refractivity contribution >= 4 is 17.7 Å². The van der Waals surface area contributed by atoms with E-state index in [4.69, 9.17) is 9.72 Å². The molecule has 1 fully saturated rings. The molecule has 184 valence electrons. The third-order valence-corrected chi connectivity index (χ3v) is 6.50. The number of allylic oxidation sites excluding steroid dienone is 1. The average molecular weight is 465 g/mol. The number of carboxylic acids is 1. The molecule has 0 aliphatic carbocycles. The zero-order valence-corrected chi connectivity index (χ0v) is 21.8. The smallest absolute Gasteiger partial charge is 0.337 e. The van der Waals surface area contributed by atoms with Crippen molar-refractivity contribution in [1.29, 1.82) is 0 Å². The average Bonchev–Trinajstić information content (AvgIpc) is 2.74. The van der Waals surface area contributed by atoms with Crippen LogP contribution in [-0.4, -0.2) is 34.8 Å². The monoisotopic (exact) mass is 464 g/mol. The van der Waals surface area contributed by atoms with Crippen LogP contribution in [0, 0.1) is 19.3 Å². The molecule has 0 unspecified atom stereocenters. The molecular formula is C29H40N2O3. The number of aromatic nitrogens is 1. The third-order valence-electron chi connectivity index (χ3n) is 6.50. The van der Waals surface area contributed by atoms with Crippen LogP contribution < -0.4 is 4.90 Å². The molecule has 1 aromatic heterocycles. The van der Waals surface area contributed by atoms with Crippen LogP contribution >= 0.6 is 0 Å². The second-order valence-corrected chi connectivity index (χ2v) is 11.2. The lowest BCUT2D eigenvalue weighted by Gasteiger charge is -2.41. The number of pyridine rings is 1. The van der Waals surface area contributed by atoms with Gasteiger partial charge in [-0.2, -0.15) is 0 Å². The van der Waals surface area contributed by atoms with E-state index in [0.717, 1.165) is 49.3 Å². The minimum atomic E-state index is -1.08. The van der Waals surface area contributed by atoms with E-state index in [1.807, 2.05) is 52.8 Å². The molecule has 1 aliphatic heterocycles. The van der Waals surface area contributed by atoms with Gasteiger partial charge in [0.25, 0.3) is 0 Å². The van der Waals surface area contributed by atoms with Gasteiger partial charge in [0.2, 0.25) is 0 Å². The molecule has 34 heavy (non-hydrogen) atoms. The van der Waals surface area contributed by atoms with E-state index in [1.165, 1.54) is 5.56 Å². The molecule has 1 aromatic carbocycles. The number of carboxylic acid groups (broad SMARTS) is 1. The fourth-order valence-corrected chi connectivity index (χ4v) is 4.56. The van der Waals surface area contributed by atoms with E-state index < -0.39 is 17.7 Å². The normalized spacial score (nSPS) is 17.2. The highest BCUT2D eigenvalue weighted by molar-refractivity contribution is 5.82. The first-order chi connectivity index (χ1) is 15.9. The minimum Gasteiger partial charge on any atom is -0.479 e. The van der Waals surface area contributed by atoms with Gasteiger partial charge in [-0.25, -0.2) is 4.79 Å². The summed E-state index contributed by atoms with van der Waals surface area (Å²) in [5.41, 5.74) is 5.15. The largest absolute Gasteiger partial charge is 0.479 e. The fraction of sp³-hybridized carbons (Fsp3) is 0.517. The Morgan fingerprint density at radius 3 is 2.32 bits per heavy atom. The van der Waals surface area contributed by atoms with Gasteiger partial charge in [-0.3, -0.25) is 4.98 Å². The molecule has 1 atom stereocenters. The van der Waals surface area contributed by atoms with E-state index in [-0.39, 0.29) is 5.41 Å². The number of benzene rings is 1. The molecule has 0 spiro atoms. The molecule has 3 rings (SSSR count). The zero-order valence-electron chi connectivity index (χ0n) is 21.8. The lowest BCUT2D eigenvalue weighted by Crippen LogP contribution is -2.39. The van der Waals surface area contributed by atoms with Gasteiger partial charge in [-0.1, -0.05) is 56.3 Å². The second-order valence-electron chi connectivity index (χ2n) is 11.2. The molecular weight excluding hydrogens is 424 g/mol. The highest BCUT2D eigenvalue weighted by Crippen LogP contribution is 2.41. The van der Waals surface area contributed by atoms with Crippen LogP contribution in [0.4, 0.5) is 5.69 Å². The zero-order chi connectivity index (χ0) is 25.1. The van der Waals surface area contributed by atoms with Crippen molar-refractivity contribution in [2.24, 2.45) is 5.41 Å². The number of rotatable bonds is 7. The first-order valence-corrected chi connectivity index (χ1v) is 12.2. The summed E-state index contributed by atoms with van der Waals surface area (Å²) < 4.78 is 6.12. The van der Waals surface area contributed by atoms with Gasteiger partial charge in [-0.05, 0) is 64.9 Å². The number of aryl methyl sites for hydroxylation is 2. The maximum atomic E-state index is 12.5. The fourth-order valence-electron chi connectivity index (χ4n) is 4.56. The standard InChI is InChI=1S/C29H40N2O3/c1-20-23(15-11-14-22-12-9-8-10-13-22)25(31-18-16-29(6,7)17-19-31)24(21(2)30-20)26(27(32)33)34-28(3,4)5/h8-13,15,26H,14,16-19H2,1-7H3,(H,32,33)/b15-11+/t26-/m0/s1. The van der Waals surface area contributed by atoms with E-state index in [1.54, 1.807) is 0 Å². The first-order valence-electron chi connectivity index (χ1n) is 12.2. The SMILES string of the molecule is Cc1nc(C)c([C@H](OC(C)(C)C)C(=O)O)c(N2CCC(C)(C)CC2)c1/C=C/Cc1ccccc1. The van der Waals surface area contributed by atoms with Crippen LogP contribution in [0.15, 0.2) is 36.4 Å². The summed E-state index contributed by atoms with van der Waals surface area (Å²) in [7, 11) is 0. The van der Waals surface area contributed by atoms with Gasteiger partial charge in [0.05, 0.1) is 11.3 Å². The van der Waals surface area contributed by atoms with E-state index in [9.17, 15) is 9.90 Å². The highest BCUT2D eigenvalue weighted by atomic mass is 16.5. The van der Waals surface area contributed by atoms with Crippen LogP contribution in [0.3, 0.4) is 0 Å². The van der Waals surface area contributed by atoms with Crippen LogP contribution in [0.2, 0.25) is 0 Å². The number of hydrogen-bond donors (Lipinski definition) is 1. The van der Waals surface area contributed by atoms with Crippen molar-refractivity contribution in [2.45, 2.75) is 79.4 Å². The molecule has 0 amide bonds. The molecule has 0 saturated carbocycles.